The average molecular weight is 322 g/mol. The van der Waals surface area contributed by atoms with Crippen LogP contribution in [0.1, 0.15) is 5.69 Å². The Morgan fingerprint density at radius 2 is 1.78 bits per heavy atom. The zero-order valence-electron chi connectivity index (χ0n) is 11.6. The number of aromatic nitrogens is 2. The molecule has 1 aliphatic rings. The third kappa shape index (κ3) is 2.03. The number of hydrogen-bond acceptors (Lipinski definition) is 2. The van der Waals surface area contributed by atoms with E-state index in [4.69, 9.17) is 4.74 Å². The van der Waals surface area contributed by atoms with Gasteiger partial charge in [-0.05, 0) is 36.4 Å². The summed E-state index contributed by atoms with van der Waals surface area (Å²) < 4.78 is 59.4. The van der Waals surface area contributed by atoms with Crippen LogP contribution in [0.2, 0.25) is 0 Å². The molecule has 1 saturated heterocycles. The van der Waals surface area contributed by atoms with E-state index in [0.29, 0.717) is 16.9 Å². The fourth-order valence-electron chi connectivity index (χ4n) is 2.64. The third-order valence-electron chi connectivity index (χ3n) is 3.92. The lowest BCUT2D eigenvalue weighted by Crippen LogP contribution is -2.30. The minimum Gasteiger partial charge on any atom is -0.354 e. The van der Waals surface area contributed by atoms with Crippen LogP contribution in [-0.4, -0.2) is 22.2 Å². The highest BCUT2D eigenvalue weighted by atomic mass is 19.4. The first-order valence-electron chi connectivity index (χ1n) is 6.86. The fraction of sp³-hybridized carbons (Fsp3) is 0.188. The van der Waals surface area contributed by atoms with Crippen LogP contribution in [0.15, 0.2) is 48.7 Å². The molecule has 1 atom stereocenters. The maximum Gasteiger partial charge on any atom is 0.425 e. The molecule has 3 aromatic rings. The minimum atomic E-state index is -4.54. The molecule has 2 aromatic heterocycles. The van der Waals surface area contributed by atoms with Crippen molar-refractivity contribution in [3.05, 3.63) is 60.2 Å². The first kappa shape index (κ1) is 14.2. The van der Waals surface area contributed by atoms with Gasteiger partial charge in [0.25, 0.3) is 0 Å². The zero-order chi connectivity index (χ0) is 16.2. The lowest BCUT2D eigenvalue weighted by Gasteiger charge is -2.13. The van der Waals surface area contributed by atoms with Gasteiger partial charge < -0.3 is 4.74 Å². The molecule has 0 bridgehead atoms. The summed E-state index contributed by atoms with van der Waals surface area (Å²) in [5.74, 6) is -0.109. The number of benzene rings is 1. The van der Waals surface area contributed by atoms with E-state index in [9.17, 15) is 17.6 Å². The highest BCUT2D eigenvalue weighted by molar-refractivity contribution is 5.67. The summed E-state index contributed by atoms with van der Waals surface area (Å²) in [5.41, 5.74) is -1.67. The van der Waals surface area contributed by atoms with Crippen molar-refractivity contribution in [2.45, 2.75) is 11.8 Å². The Kier molecular flexibility index (Phi) is 2.81. The van der Waals surface area contributed by atoms with Gasteiger partial charge in [0.2, 0.25) is 5.60 Å². The summed E-state index contributed by atoms with van der Waals surface area (Å²) in [6.45, 7) is -0.444. The summed E-state index contributed by atoms with van der Waals surface area (Å²) in [7, 11) is 0. The molecule has 0 amide bonds. The van der Waals surface area contributed by atoms with Crippen LogP contribution in [0.4, 0.5) is 17.6 Å². The topological polar surface area (TPSA) is 29.8 Å². The van der Waals surface area contributed by atoms with Gasteiger partial charge in [0.1, 0.15) is 17.3 Å². The number of rotatable bonds is 2. The first-order valence-corrected chi connectivity index (χ1v) is 6.86. The van der Waals surface area contributed by atoms with E-state index in [1.165, 1.54) is 24.3 Å². The van der Waals surface area contributed by atoms with Gasteiger partial charge in [0.15, 0.2) is 0 Å². The van der Waals surface area contributed by atoms with Crippen molar-refractivity contribution >= 4 is 5.52 Å². The largest absolute Gasteiger partial charge is 0.425 e. The van der Waals surface area contributed by atoms with Gasteiger partial charge >= 0.3 is 6.18 Å². The highest BCUT2D eigenvalue weighted by Crippen LogP contribution is 2.52. The molecule has 1 unspecified atom stereocenters. The van der Waals surface area contributed by atoms with Gasteiger partial charge in [-0.3, -0.25) is 4.40 Å². The summed E-state index contributed by atoms with van der Waals surface area (Å²) in [6.07, 6.45) is -2.92. The van der Waals surface area contributed by atoms with Crippen molar-refractivity contribution in [1.29, 1.82) is 0 Å². The monoisotopic (exact) mass is 322 g/mol. The number of pyridine rings is 1. The Hall–Kier alpha value is -2.41. The standard InChI is InChI=1S/C16H10F4N2O/c17-11-6-4-10(5-7-11)14-21-13(12-3-1-2-8-22(12)14)15(9-23-15)16(18,19)20/h1-8H,9H2. The smallest absolute Gasteiger partial charge is 0.354 e. The average Bonchev–Trinajstić information content (AvgIpc) is 3.25. The molecule has 7 heteroatoms. The number of hydrogen-bond donors (Lipinski definition) is 0. The van der Waals surface area contributed by atoms with Crippen LogP contribution in [0, 0.1) is 5.82 Å². The number of fused-ring (bicyclic) bond motifs is 1. The summed E-state index contributed by atoms with van der Waals surface area (Å²) >= 11 is 0. The third-order valence-corrected chi connectivity index (χ3v) is 3.92. The molecule has 1 fully saturated rings. The van der Waals surface area contributed by atoms with Gasteiger partial charge in [0.05, 0.1) is 12.1 Å². The minimum absolute atomic E-state index is 0.162. The predicted molar refractivity (Wildman–Crippen MR) is 74.3 cm³/mol. The van der Waals surface area contributed by atoms with Gasteiger partial charge in [0, 0.05) is 11.8 Å². The molecular weight excluding hydrogens is 312 g/mol. The molecule has 0 N–H and O–H groups in total. The Morgan fingerprint density at radius 1 is 1.09 bits per heavy atom. The maximum atomic E-state index is 13.4. The molecule has 3 heterocycles. The van der Waals surface area contributed by atoms with Crippen molar-refractivity contribution in [3.63, 3.8) is 0 Å². The van der Waals surface area contributed by atoms with E-state index >= 15 is 0 Å². The van der Waals surface area contributed by atoms with Gasteiger partial charge in [-0.1, -0.05) is 6.07 Å². The van der Waals surface area contributed by atoms with E-state index < -0.39 is 24.2 Å². The Morgan fingerprint density at radius 3 is 2.39 bits per heavy atom. The molecular formula is C16H10F4N2O. The predicted octanol–water partition coefficient (Wildman–Crippen LogP) is 3.93. The number of alkyl halides is 3. The van der Waals surface area contributed by atoms with Gasteiger partial charge in [-0.25, -0.2) is 9.37 Å². The maximum absolute atomic E-state index is 13.4. The van der Waals surface area contributed by atoms with E-state index in [0.717, 1.165) is 0 Å². The van der Waals surface area contributed by atoms with Crippen LogP contribution in [0.25, 0.3) is 16.9 Å². The molecule has 0 aliphatic carbocycles. The van der Waals surface area contributed by atoms with Crippen molar-refractivity contribution in [2.75, 3.05) is 6.61 Å². The van der Waals surface area contributed by atoms with Crippen molar-refractivity contribution in [2.24, 2.45) is 0 Å². The first-order chi connectivity index (χ1) is 10.9. The van der Waals surface area contributed by atoms with E-state index in [-0.39, 0.29) is 5.69 Å². The number of epoxide rings is 1. The highest BCUT2D eigenvalue weighted by Gasteiger charge is 2.69. The number of ether oxygens (including phenoxy) is 1. The second-order valence-electron chi connectivity index (χ2n) is 5.36. The summed E-state index contributed by atoms with van der Waals surface area (Å²) in [6, 6.07) is 10.3. The molecule has 118 valence electrons. The summed E-state index contributed by atoms with van der Waals surface area (Å²) in [4.78, 5) is 4.19. The molecule has 0 radical (unpaired) electrons. The van der Waals surface area contributed by atoms with Crippen LogP contribution < -0.4 is 0 Å². The van der Waals surface area contributed by atoms with E-state index in [1.807, 2.05) is 0 Å². The Balaban J connectivity index is 1.96. The lowest BCUT2D eigenvalue weighted by molar-refractivity contribution is -0.187. The number of imidazole rings is 1. The van der Waals surface area contributed by atoms with Crippen LogP contribution >= 0.6 is 0 Å². The van der Waals surface area contributed by atoms with E-state index in [1.54, 1.807) is 28.8 Å². The van der Waals surface area contributed by atoms with E-state index in [2.05, 4.69) is 4.98 Å². The lowest BCUT2D eigenvalue weighted by atomic mass is 10.1. The second kappa shape index (κ2) is 4.55. The molecule has 3 nitrogen and oxygen atoms in total. The van der Waals surface area contributed by atoms with Crippen molar-refractivity contribution in [1.82, 2.24) is 9.38 Å². The van der Waals surface area contributed by atoms with Crippen LogP contribution in [-0.2, 0) is 10.3 Å². The molecule has 23 heavy (non-hydrogen) atoms. The SMILES string of the molecule is Fc1ccc(-c2nc(C3(C(F)(F)F)CO3)c3ccccn23)cc1. The van der Waals surface area contributed by atoms with Crippen LogP contribution in [0.5, 0.6) is 0 Å². The molecule has 0 spiro atoms. The zero-order valence-corrected chi connectivity index (χ0v) is 11.6. The fourth-order valence-corrected chi connectivity index (χ4v) is 2.64. The molecule has 4 rings (SSSR count). The van der Waals surface area contributed by atoms with Crippen molar-refractivity contribution in [3.8, 4) is 11.4 Å². The Labute approximate surface area is 128 Å². The van der Waals surface area contributed by atoms with Crippen LogP contribution in [0.3, 0.4) is 0 Å². The van der Waals surface area contributed by atoms with Gasteiger partial charge in [-0.15, -0.1) is 0 Å². The van der Waals surface area contributed by atoms with Crippen molar-refractivity contribution < 1.29 is 22.3 Å². The molecule has 1 aromatic carbocycles. The normalized spacial score (nSPS) is 20.9. The second-order valence-corrected chi connectivity index (χ2v) is 5.36. The number of halogens is 4. The molecule has 0 saturated carbocycles. The summed E-state index contributed by atoms with van der Waals surface area (Å²) in [5, 5.41) is 0. The molecule has 1 aliphatic heterocycles. The van der Waals surface area contributed by atoms with Gasteiger partial charge in [-0.2, -0.15) is 13.2 Å². The quantitative estimate of drug-likeness (QED) is 0.528. The Bertz CT molecular complexity index is 879. The number of nitrogens with zero attached hydrogens (tertiary/aromatic N) is 2.